The molecule has 2 aliphatic rings. The summed E-state index contributed by atoms with van der Waals surface area (Å²) in [6.45, 7) is 1.74. The largest absolute Gasteiger partial charge is 0.500 e. The van der Waals surface area contributed by atoms with Gasteiger partial charge in [0.2, 0.25) is 5.75 Å². The molecule has 1 aromatic heterocycles. The Morgan fingerprint density at radius 1 is 1.18 bits per heavy atom. The van der Waals surface area contributed by atoms with Gasteiger partial charge in [-0.15, -0.1) is 11.3 Å². The number of ether oxygens (including phenoxy) is 2. The lowest BCUT2D eigenvalue weighted by atomic mass is 9.72. The second-order valence-corrected chi connectivity index (χ2v) is 10.4. The zero-order chi connectivity index (χ0) is 27.7. The standard InChI is InChI=1S/C29H26N2O7S/c1-16-25(29(34)38-15-17-7-4-3-5-8-17)26(19-12-21(31(35)36)28(33)23(14-19)37-2)27-20(30-16)11-18(13-22(27)32)24-9-6-10-39-24/h3-10,12,14,18,26,30,33H,11,13,15H2,1-2H3/t18-,26-/m1/s1. The Morgan fingerprint density at radius 2 is 1.95 bits per heavy atom. The van der Waals surface area contributed by atoms with Crippen molar-refractivity contribution < 1.29 is 29.1 Å². The number of allylic oxidation sites excluding steroid dienone is 3. The zero-order valence-electron chi connectivity index (χ0n) is 21.3. The van der Waals surface area contributed by atoms with Crippen molar-refractivity contribution in [1.82, 2.24) is 5.32 Å². The van der Waals surface area contributed by atoms with Crippen molar-refractivity contribution in [1.29, 1.82) is 0 Å². The van der Waals surface area contributed by atoms with E-state index in [9.17, 15) is 24.8 Å². The van der Waals surface area contributed by atoms with E-state index in [0.717, 1.165) is 10.4 Å². The molecule has 0 bridgehead atoms. The summed E-state index contributed by atoms with van der Waals surface area (Å²) < 4.78 is 10.9. The third-order valence-electron chi connectivity index (χ3n) is 7.03. The maximum Gasteiger partial charge on any atom is 0.337 e. The Labute approximate surface area is 228 Å². The van der Waals surface area contributed by atoms with E-state index in [2.05, 4.69) is 5.32 Å². The molecule has 3 aromatic rings. The number of nitro benzene ring substituents is 1. The Morgan fingerprint density at radius 3 is 2.62 bits per heavy atom. The molecule has 0 fully saturated rings. The third-order valence-corrected chi connectivity index (χ3v) is 8.07. The minimum atomic E-state index is -0.950. The second-order valence-electron chi connectivity index (χ2n) is 9.44. The van der Waals surface area contributed by atoms with Gasteiger partial charge < -0.3 is 19.9 Å². The van der Waals surface area contributed by atoms with Crippen molar-refractivity contribution in [2.24, 2.45) is 0 Å². The van der Waals surface area contributed by atoms with Gasteiger partial charge in [-0.1, -0.05) is 36.4 Å². The molecule has 1 aliphatic carbocycles. The molecule has 9 nitrogen and oxygen atoms in total. The molecule has 10 heteroatoms. The number of carbonyl (C=O) groups is 2. The van der Waals surface area contributed by atoms with E-state index < -0.39 is 28.2 Å². The Hall–Kier alpha value is -4.44. The molecular formula is C29H26N2O7S. The fourth-order valence-electron chi connectivity index (χ4n) is 5.24. The van der Waals surface area contributed by atoms with Gasteiger partial charge in [0.15, 0.2) is 11.5 Å². The van der Waals surface area contributed by atoms with E-state index in [-0.39, 0.29) is 41.6 Å². The van der Waals surface area contributed by atoms with Gasteiger partial charge >= 0.3 is 11.7 Å². The first-order valence-corrected chi connectivity index (χ1v) is 13.2. The molecule has 0 radical (unpaired) electrons. The molecule has 2 heterocycles. The monoisotopic (exact) mass is 546 g/mol. The number of nitrogens with zero attached hydrogens (tertiary/aromatic N) is 1. The van der Waals surface area contributed by atoms with Crippen molar-refractivity contribution in [3.8, 4) is 11.5 Å². The molecule has 39 heavy (non-hydrogen) atoms. The number of rotatable bonds is 7. The van der Waals surface area contributed by atoms with Gasteiger partial charge in [-0.2, -0.15) is 0 Å². The number of methoxy groups -OCH3 is 1. The van der Waals surface area contributed by atoms with Gasteiger partial charge in [0.25, 0.3) is 0 Å². The number of nitrogens with one attached hydrogen (secondary N) is 1. The molecule has 0 amide bonds. The van der Waals surface area contributed by atoms with Crippen LogP contribution in [0, 0.1) is 10.1 Å². The average molecular weight is 547 g/mol. The molecule has 1 aliphatic heterocycles. The first-order chi connectivity index (χ1) is 18.8. The van der Waals surface area contributed by atoms with Crippen LogP contribution in [0.1, 0.15) is 47.6 Å². The number of hydrogen-bond donors (Lipinski definition) is 2. The molecular weight excluding hydrogens is 520 g/mol. The second kappa shape index (κ2) is 10.7. The fraction of sp³-hybridized carbons (Fsp3) is 0.241. The van der Waals surface area contributed by atoms with E-state index in [0.29, 0.717) is 23.4 Å². The van der Waals surface area contributed by atoms with Crippen LogP contribution in [-0.2, 0) is 20.9 Å². The number of dihydropyridines is 1. The molecule has 5 rings (SSSR count). The maximum absolute atomic E-state index is 13.7. The SMILES string of the molecule is COc1cc([C@@H]2C(C(=O)OCc3ccccc3)=C(C)NC3=C2C(=O)C[C@H](c2cccs2)C3)cc([N+](=O)[O-])c1O. The highest BCUT2D eigenvalue weighted by Gasteiger charge is 2.42. The lowest BCUT2D eigenvalue weighted by Crippen LogP contribution is -2.36. The van der Waals surface area contributed by atoms with Crippen LogP contribution in [0.15, 0.2) is 82.5 Å². The van der Waals surface area contributed by atoms with E-state index in [1.807, 2.05) is 47.8 Å². The molecule has 0 saturated heterocycles. The number of aromatic hydroxyl groups is 1. The van der Waals surface area contributed by atoms with Crippen LogP contribution in [0.5, 0.6) is 11.5 Å². The predicted octanol–water partition coefficient (Wildman–Crippen LogP) is 5.48. The average Bonchev–Trinajstić information content (AvgIpc) is 3.47. The van der Waals surface area contributed by atoms with E-state index in [4.69, 9.17) is 9.47 Å². The number of Topliss-reactive ketones (excluding diaryl/α,β-unsaturated/α-hetero) is 1. The third kappa shape index (κ3) is 5.03. The number of phenols is 1. The molecule has 2 aromatic carbocycles. The lowest BCUT2D eigenvalue weighted by Gasteiger charge is -2.36. The van der Waals surface area contributed by atoms with E-state index >= 15 is 0 Å². The van der Waals surface area contributed by atoms with E-state index in [1.54, 1.807) is 18.3 Å². The van der Waals surface area contributed by atoms with Gasteiger partial charge in [-0.05, 0) is 42.0 Å². The van der Waals surface area contributed by atoms with Crippen molar-refractivity contribution in [3.63, 3.8) is 0 Å². The number of ketones is 1. The van der Waals surface area contributed by atoms with Gasteiger partial charge in [0.05, 0.1) is 17.6 Å². The quantitative estimate of drug-likeness (QED) is 0.227. The Bertz CT molecular complexity index is 1510. The summed E-state index contributed by atoms with van der Waals surface area (Å²) in [6.07, 6.45) is 0.777. The van der Waals surface area contributed by atoms with Crippen LogP contribution in [0.25, 0.3) is 0 Å². The number of hydrogen-bond acceptors (Lipinski definition) is 9. The van der Waals surface area contributed by atoms with Gasteiger partial charge in [0, 0.05) is 46.2 Å². The topological polar surface area (TPSA) is 128 Å². The van der Waals surface area contributed by atoms with E-state index in [1.165, 1.54) is 19.2 Å². The first-order valence-electron chi connectivity index (χ1n) is 12.3. The van der Waals surface area contributed by atoms with Crippen LogP contribution in [0.3, 0.4) is 0 Å². The first kappa shape index (κ1) is 26.2. The summed E-state index contributed by atoms with van der Waals surface area (Å²) in [5.41, 5.74) is 2.18. The fourth-order valence-corrected chi connectivity index (χ4v) is 6.07. The summed E-state index contributed by atoms with van der Waals surface area (Å²) in [5.74, 6) is -2.54. The van der Waals surface area contributed by atoms with Crippen LogP contribution >= 0.6 is 11.3 Å². The summed E-state index contributed by atoms with van der Waals surface area (Å²) in [7, 11) is 1.28. The van der Waals surface area contributed by atoms with Crippen molar-refractivity contribution >= 4 is 28.8 Å². The number of thiophene rings is 1. The Balaban J connectivity index is 1.61. The molecule has 0 unspecified atom stereocenters. The summed E-state index contributed by atoms with van der Waals surface area (Å²) in [6, 6.07) is 15.7. The number of esters is 1. The van der Waals surface area contributed by atoms with Crippen LogP contribution in [0.2, 0.25) is 0 Å². The molecule has 2 atom stereocenters. The molecule has 2 N–H and O–H groups in total. The van der Waals surface area contributed by atoms with Crippen molar-refractivity contribution in [2.75, 3.05) is 7.11 Å². The summed E-state index contributed by atoms with van der Waals surface area (Å²) in [5, 5.41) is 27.4. The molecule has 200 valence electrons. The number of phenolic OH excluding ortho intramolecular Hbond substituents is 1. The summed E-state index contributed by atoms with van der Waals surface area (Å²) in [4.78, 5) is 39.4. The van der Waals surface area contributed by atoms with Gasteiger partial charge in [-0.3, -0.25) is 14.9 Å². The summed E-state index contributed by atoms with van der Waals surface area (Å²) >= 11 is 1.58. The minimum Gasteiger partial charge on any atom is -0.500 e. The van der Waals surface area contributed by atoms with Gasteiger partial charge in [-0.25, -0.2) is 4.79 Å². The number of carbonyl (C=O) groups excluding carboxylic acids is 2. The minimum absolute atomic E-state index is 0.0164. The normalized spacial score (nSPS) is 18.9. The molecule has 0 spiro atoms. The van der Waals surface area contributed by atoms with Crippen LogP contribution in [0.4, 0.5) is 5.69 Å². The number of benzene rings is 2. The maximum atomic E-state index is 13.7. The Kier molecular flexibility index (Phi) is 7.21. The smallest absolute Gasteiger partial charge is 0.337 e. The van der Waals surface area contributed by atoms with Crippen molar-refractivity contribution in [3.05, 3.63) is 109 Å². The predicted molar refractivity (Wildman–Crippen MR) is 144 cm³/mol. The lowest BCUT2D eigenvalue weighted by molar-refractivity contribution is -0.386. The van der Waals surface area contributed by atoms with Crippen molar-refractivity contribution in [2.45, 2.75) is 38.2 Å². The zero-order valence-corrected chi connectivity index (χ0v) is 22.1. The van der Waals surface area contributed by atoms with Crippen LogP contribution < -0.4 is 10.1 Å². The highest BCUT2D eigenvalue weighted by atomic mass is 32.1. The molecule has 0 saturated carbocycles. The van der Waals surface area contributed by atoms with Crippen LogP contribution in [-0.4, -0.2) is 28.9 Å². The van der Waals surface area contributed by atoms with Gasteiger partial charge in [0.1, 0.15) is 6.61 Å². The number of nitro groups is 1. The highest BCUT2D eigenvalue weighted by Crippen LogP contribution is 2.49. The highest BCUT2D eigenvalue weighted by molar-refractivity contribution is 7.10.